The molecule has 0 aromatic heterocycles. The van der Waals surface area contributed by atoms with Gasteiger partial charge in [0, 0.05) is 0 Å². The molecule has 0 aliphatic heterocycles. The summed E-state index contributed by atoms with van der Waals surface area (Å²) in [5.41, 5.74) is 0.580. The van der Waals surface area contributed by atoms with E-state index in [1.165, 1.54) is 12.1 Å². The summed E-state index contributed by atoms with van der Waals surface area (Å²) in [7, 11) is 0. The van der Waals surface area contributed by atoms with Crippen molar-refractivity contribution in [2.45, 2.75) is 32.3 Å². The zero-order chi connectivity index (χ0) is 13.1. The molecule has 0 heterocycles. The number of carboxylic acids is 1. The molecule has 3 nitrogen and oxygen atoms in total. The molecule has 0 aliphatic carbocycles. The highest BCUT2D eigenvalue weighted by atomic mass is 19.3. The molecule has 1 aromatic carbocycles. The standard InChI is InChI=1S/C12H14F2O3/c1-3-8(2)9-6-4-5-7-10(9)17-12(13,14)11(15)16/h4-8H,3H2,1-2H3,(H,15,16). The highest BCUT2D eigenvalue weighted by Crippen LogP contribution is 2.31. The third kappa shape index (κ3) is 3.15. The van der Waals surface area contributed by atoms with Gasteiger partial charge in [0.15, 0.2) is 0 Å². The van der Waals surface area contributed by atoms with E-state index in [1.54, 1.807) is 12.1 Å². The van der Waals surface area contributed by atoms with Crippen LogP contribution in [0.25, 0.3) is 0 Å². The topological polar surface area (TPSA) is 46.5 Å². The molecule has 1 rings (SSSR count). The van der Waals surface area contributed by atoms with Crippen LogP contribution in [0.4, 0.5) is 8.78 Å². The van der Waals surface area contributed by atoms with Gasteiger partial charge in [-0.25, -0.2) is 4.79 Å². The van der Waals surface area contributed by atoms with Gasteiger partial charge in [-0.2, -0.15) is 8.78 Å². The zero-order valence-electron chi connectivity index (χ0n) is 9.61. The van der Waals surface area contributed by atoms with Crippen LogP contribution in [0.5, 0.6) is 5.75 Å². The van der Waals surface area contributed by atoms with Gasteiger partial charge in [-0.05, 0) is 24.0 Å². The van der Waals surface area contributed by atoms with Crippen LogP contribution in [0, 0.1) is 0 Å². The van der Waals surface area contributed by atoms with Crippen molar-refractivity contribution in [1.29, 1.82) is 0 Å². The molecule has 0 fully saturated rings. The van der Waals surface area contributed by atoms with Crippen molar-refractivity contribution in [2.24, 2.45) is 0 Å². The Balaban J connectivity index is 3.02. The molecular formula is C12H14F2O3. The van der Waals surface area contributed by atoms with Crippen molar-refractivity contribution in [3.63, 3.8) is 0 Å². The fraction of sp³-hybridized carbons (Fsp3) is 0.417. The van der Waals surface area contributed by atoms with Gasteiger partial charge in [-0.3, -0.25) is 0 Å². The van der Waals surface area contributed by atoms with Crippen molar-refractivity contribution >= 4 is 5.97 Å². The lowest BCUT2D eigenvalue weighted by molar-refractivity contribution is -0.211. The van der Waals surface area contributed by atoms with E-state index in [0.29, 0.717) is 5.56 Å². The maximum absolute atomic E-state index is 13.0. The number of alkyl halides is 2. The predicted octanol–water partition coefficient (Wildman–Crippen LogP) is 3.26. The van der Waals surface area contributed by atoms with Gasteiger partial charge in [0.25, 0.3) is 0 Å². The molecule has 5 heteroatoms. The molecule has 1 aromatic rings. The molecule has 0 radical (unpaired) electrons. The average Bonchev–Trinajstić information content (AvgIpc) is 2.28. The van der Waals surface area contributed by atoms with Crippen molar-refractivity contribution < 1.29 is 23.4 Å². The van der Waals surface area contributed by atoms with Crippen molar-refractivity contribution in [1.82, 2.24) is 0 Å². The number of rotatable bonds is 5. The fourth-order valence-corrected chi connectivity index (χ4v) is 1.38. The Hall–Kier alpha value is -1.65. The first-order chi connectivity index (χ1) is 7.88. The fourth-order valence-electron chi connectivity index (χ4n) is 1.38. The van der Waals surface area contributed by atoms with Crippen molar-refractivity contribution in [3.05, 3.63) is 29.8 Å². The first kappa shape index (κ1) is 13.4. The Morgan fingerprint density at radius 2 is 2.06 bits per heavy atom. The summed E-state index contributed by atoms with van der Waals surface area (Å²) in [6.07, 6.45) is -3.46. The number of aliphatic carboxylic acids is 1. The van der Waals surface area contributed by atoms with Gasteiger partial charge < -0.3 is 9.84 Å². The van der Waals surface area contributed by atoms with Gasteiger partial charge in [-0.1, -0.05) is 32.0 Å². The van der Waals surface area contributed by atoms with E-state index >= 15 is 0 Å². The van der Waals surface area contributed by atoms with Crippen LogP contribution in [0.15, 0.2) is 24.3 Å². The Morgan fingerprint density at radius 1 is 1.47 bits per heavy atom. The van der Waals surface area contributed by atoms with E-state index in [0.717, 1.165) is 6.42 Å². The molecule has 1 unspecified atom stereocenters. The summed E-state index contributed by atoms with van der Waals surface area (Å²) in [4.78, 5) is 10.3. The van der Waals surface area contributed by atoms with Gasteiger partial charge in [-0.15, -0.1) is 0 Å². The number of carbonyl (C=O) groups is 1. The SMILES string of the molecule is CCC(C)c1ccccc1OC(F)(F)C(=O)O. The molecule has 94 valence electrons. The summed E-state index contributed by atoms with van der Waals surface area (Å²) in [5.74, 6) is -2.36. The molecule has 0 bridgehead atoms. The summed E-state index contributed by atoms with van der Waals surface area (Å²) in [6.45, 7) is 3.78. The van der Waals surface area contributed by atoms with E-state index in [1.807, 2.05) is 13.8 Å². The number of benzene rings is 1. The predicted molar refractivity (Wildman–Crippen MR) is 58.4 cm³/mol. The minimum atomic E-state index is -4.20. The maximum atomic E-state index is 13.0. The number of halogens is 2. The second-order valence-electron chi connectivity index (χ2n) is 3.77. The first-order valence-corrected chi connectivity index (χ1v) is 5.27. The third-order valence-electron chi connectivity index (χ3n) is 2.55. The van der Waals surface area contributed by atoms with Crippen LogP contribution in [0.2, 0.25) is 0 Å². The Kier molecular flexibility index (Phi) is 4.04. The van der Waals surface area contributed by atoms with Gasteiger partial charge in [0.05, 0.1) is 0 Å². The van der Waals surface area contributed by atoms with E-state index in [9.17, 15) is 13.6 Å². The zero-order valence-corrected chi connectivity index (χ0v) is 9.61. The minimum Gasteiger partial charge on any atom is -0.474 e. The molecule has 0 aliphatic rings. The van der Waals surface area contributed by atoms with Gasteiger partial charge in [0.1, 0.15) is 5.75 Å². The van der Waals surface area contributed by atoms with E-state index in [2.05, 4.69) is 4.74 Å². The molecule has 1 N–H and O–H groups in total. The molecule has 0 amide bonds. The van der Waals surface area contributed by atoms with Crippen LogP contribution in [-0.2, 0) is 4.79 Å². The molecule has 0 saturated carbocycles. The van der Waals surface area contributed by atoms with Crippen molar-refractivity contribution in [2.75, 3.05) is 0 Å². The molecule has 17 heavy (non-hydrogen) atoms. The number of hydrogen-bond donors (Lipinski definition) is 1. The summed E-state index contributed by atoms with van der Waals surface area (Å²) in [5, 5.41) is 8.31. The minimum absolute atomic E-state index is 0.0239. The quantitative estimate of drug-likeness (QED) is 0.864. The lowest BCUT2D eigenvalue weighted by Crippen LogP contribution is -2.35. The summed E-state index contributed by atoms with van der Waals surface area (Å²) < 4.78 is 30.2. The third-order valence-corrected chi connectivity index (χ3v) is 2.55. The Labute approximate surface area is 98.0 Å². The normalized spacial score (nSPS) is 13.2. The smallest absolute Gasteiger partial charge is 0.474 e. The Morgan fingerprint density at radius 3 is 2.59 bits per heavy atom. The average molecular weight is 244 g/mol. The monoisotopic (exact) mass is 244 g/mol. The summed E-state index contributed by atoms with van der Waals surface area (Å²) in [6, 6.07) is 6.23. The van der Waals surface area contributed by atoms with Crippen LogP contribution in [0.3, 0.4) is 0 Å². The molecule has 1 atom stereocenters. The van der Waals surface area contributed by atoms with Gasteiger partial charge in [0.2, 0.25) is 0 Å². The second kappa shape index (κ2) is 5.12. The number of carboxylic acid groups (broad SMARTS) is 1. The second-order valence-corrected chi connectivity index (χ2v) is 3.77. The largest absolute Gasteiger partial charge is 0.501 e. The molecule has 0 spiro atoms. The first-order valence-electron chi connectivity index (χ1n) is 5.27. The number of para-hydroxylation sites is 1. The lowest BCUT2D eigenvalue weighted by atomic mass is 9.98. The van der Waals surface area contributed by atoms with Crippen LogP contribution < -0.4 is 4.74 Å². The number of hydrogen-bond acceptors (Lipinski definition) is 2. The Bertz CT molecular complexity index is 404. The van der Waals surface area contributed by atoms with Crippen LogP contribution >= 0.6 is 0 Å². The highest BCUT2D eigenvalue weighted by molar-refractivity contribution is 5.74. The van der Waals surface area contributed by atoms with E-state index < -0.39 is 12.1 Å². The molecular weight excluding hydrogens is 230 g/mol. The van der Waals surface area contributed by atoms with Crippen LogP contribution in [0.1, 0.15) is 31.7 Å². The lowest BCUT2D eigenvalue weighted by Gasteiger charge is -2.18. The van der Waals surface area contributed by atoms with E-state index in [-0.39, 0.29) is 11.7 Å². The highest BCUT2D eigenvalue weighted by Gasteiger charge is 2.42. The van der Waals surface area contributed by atoms with Gasteiger partial charge >= 0.3 is 12.1 Å². The number of ether oxygens (including phenoxy) is 1. The maximum Gasteiger partial charge on any atom is 0.501 e. The molecule has 0 saturated heterocycles. The van der Waals surface area contributed by atoms with Crippen LogP contribution in [-0.4, -0.2) is 17.2 Å². The van der Waals surface area contributed by atoms with Crippen molar-refractivity contribution in [3.8, 4) is 5.75 Å². The van der Waals surface area contributed by atoms with E-state index in [4.69, 9.17) is 5.11 Å². The summed E-state index contributed by atoms with van der Waals surface area (Å²) >= 11 is 0.